The van der Waals surface area contributed by atoms with E-state index in [1.807, 2.05) is 6.92 Å². The standard InChI is InChI=1S/C15H23N3O3S/c1-10(16)12-5-3-4-7-18(12)9-13(19)17-11-6-8-22-14(11)15(20)21-2/h6,8,10,12H,3-5,7,9,16H2,1-2H3,(H,17,19). The van der Waals surface area contributed by atoms with Crippen LogP contribution in [0.15, 0.2) is 11.4 Å². The second kappa shape index (κ2) is 7.71. The number of nitrogens with two attached hydrogens (primary N) is 1. The molecular weight excluding hydrogens is 302 g/mol. The molecule has 0 bridgehead atoms. The molecule has 1 fully saturated rings. The summed E-state index contributed by atoms with van der Waals surface area (Å²) in [4.78, 5) is 26.4. The summed E-state index contributed by atoms with van der Waals surface area (Å²) in [6.45, 7) is 3.16. The lowest BCUT2D eigenvalue weighted by Gasteiger charge is -2.37. The monoisotopic (exact) mass is 325 g/mol. The van der Waals surface area contributed by atoms with E-state index >= 15 is 0 Å². The molecule has 0 saturated carbocycles. The lowest BCUT2D eigenvalue weighted by atomic mass is 9.97. The van der Waals surface area contributed by atoms with Gasteiger partial charge in [0.25, 0.3) is 0 Å². The summed E-state index contributed by atoms with van der Waals surface area (Å²) in [7, 11) is 1.33. The molecule has 22 heavy (non-hydrogen) atoms. The first-order valence-corrected chi connectivity index (χ1v) is 8.36. The Labute approximate surface area is 134 Å². The van der Waals surface area contributed by atoms with E-state index in [-0.39, 0.29) is 18.0 Å². The van der Waals surface area contributed by atoms with E-state index in [1.165, 1.54) is 18.4 Å². The molecule has 2 atom stereocenters. The van der Waals surface area contributed by atoms with Crippen LogP contribution in [0.4, 0.5) is 5.69 Å². The summed E-state index contributed by atoms with van der Waals surface area (Å²) in [6.07, 6.45) is 3.26. The molecule has 6 nitrogen and oxygen atoms in total. The van der Waals surface area contributed by atoms with Crippen molar-refractivity contribution in [3.05, 3.63) is 16.3 Å². The zero-order valence-corrected chi connectivity index (χ0v) is 13.8. The van der Waals surface area contributed by atoms with Crippen molar-refractivity contribution < 1.29 is 14.3 Å². The Morgan fingerprint density at radius 1 is 1.55 bits per heavy atom. The van der Waals surface area contributed by atoms with Gasteiger partial charge in [-0.25, -0.2) is 4.79 Å². The number of nitrogens with one attached hydrogen (secondary N) is 1. The molecule has 0 radical (unpaired) electrons. The molecule has 1 aromatic rings. The van der Waals surface area contributed by atoms with Gasteiger partial charge in [-0.3, -0.25) is 9.69 Å². The number of esters is 1. The van der Waals surface area contributed by atoms with Gasteiger partial charge in [-0.1, -0.05) is 6.42 Å². The van der Waals surface area contributed by atoms with Gasteiger partial charge in [-0.15, -0.1) is 11.3 Å². The maximum Gasteiger partial charge on any atom is 0.350 e. The Morgan fingerprint density at radius 3 is 3.00 bits per heavy atom. The third kappa shape index (κ3) is 4.06. The van der Waals surface area contributed by atoms with E-state index in [4.69, 9.17) is 10.5 Å². The van der Waals surface area contributed by atoms with Crippen molar-refractivity contribution in [1.82, 2.24) is 4.90 Å². The normalized spacial score (nSPS) is 20.4. The third-order valence-electron chi connectivity index (χ3n) is 3.93. The highest BCUT2D eigenvalue weighted by molar-refractivity contribution is 7.12. The van der Waals surface area contributed by atoms with Crippen LogP contribution in [0.3, 0.4) is 0 Å². The second-order valence-corrected chi connectivity index (χ2v) is 6.51. The first kappa shape index (κ1) is 16.9. The fourth-order valence-electron chi connectivity index (χ4n) is 2.84. The molecule has 1 aliphatic heterocycles. The number of hydrogen-bond donors (Lipinski definition) is 2. The molecule has 2 unspecified atom stereocenters. The maximum atomic E-state index is 12.3. The van der Waals surface area contributed by atoms with Crippen molar-refractivity contribution in [3.63, 3.8) is 0 Å². The molecule has 1 aromatic heterocycles. The number of carbonyl (C=O) groups excluding carboxylic acids is 2. The van der Waals surface area contributed by atoms with Gasteiger partial charge in [-0.05, 0) is 37.8 Å². The molecular formula is C15H23N3O3S. The lowest BCUT2D eigenvalue weighted by molar-refractivity contribution is -0.118. The molecule has 0 aliphatic carbocycles. The van der Waals surface area contributed by atoms with E-state index < -0.39 is 5.97 Å². The van der Waals surface area contributed by atoms with Crippen molar-refractivity contribution in [2.24, 2.45) is 5.73 Å². The van der Waals surface area contributed by atoms with E-state index in [9.17, 15) is 9.59 Å². The largest absolute Gasteiger partial charge is 0.465 e. The first-order chi connectivity index (χ1) is 10.5. The van der Waals surface area contributed by atoms with Crippen LogP contribution in [0.1, 0.15) is 35.9 Å². The molecule has 122 valence electrons. The fourth-order valence-corrected chi connectivity index (χ4v) is 3.61. The summed E-state index contributed by atoms with van der Waals surface area (Å²) < 4.78 is 4.71. The quantitative estimate of drug-likeness (QED) is 0.805. The predicted molar refractivity (Wildman–Crippen MR) is 87.1 cm³/mol. The molecule has 2 heterocycles. The second-order valence-electron chi connectivity index (χ2n) is 5.60. The van der Waals surface area contributed by atoms with Gasteiger partial charge in [0.2, 0.25) is 5.91 Å². The number of carbonyl (C=O) groups is 2. The number of nitrogens with zero attached hydrogens (tertiary/aromatic N) is 1. The molecule has 0 aromatic carbocycles. The van der Waals surface area contributed by atoms with Gasteiger partial charge >= 0.3 is 5.97 Å². The van der Waals surface area contributed by atoms with Gasteiger partial charge in [-0.2, -0.15) is 0 Å². The summed E-state index contributed by atoms with van der Waals surface area (Å²) in [5.74, 6) is -0.562. The molecule has 1 aliphatic rings. The van der Waals surface area contributed by atoms with Crippen LogP contribution in [0.25, 0.3) is 0 Å². The van der Waals surface area contributed by atoms with Gasteiger partial charge in [0, 0.05) is 12.1 Å². The van der Waals surface area contributed by atoms with Crippen LogP contribution in [0.2, 0.25) is 0 Å². The van der Waals surface area contributed by atoms with Gasteiger partial charge < -0.3 is 15.8 Å². The van der Waals surface area contributed by atoms with Crippen LogP contribution < -0.4 is 11.1 Å². The molecule has 1 saturated heterocycles. The molecule has 1 amide bonds. The highest BCUT2D eigenvalue weighted by Gasteiger charge is 2.27. The maximum absolute atomic E-state index is 12.3. The van der Waals surface area contributed by atoms with Crippen molar-refractivity contribution in [3.8, 4) is 0 Å². The molecule has 2 rings (SSSR count). The van der Waals surface area contributed by atoms with E-state index in [2.05, 4.69) is 10.2 Å². The fraction of sp³-hybridized carbons (Fsp3) is 0.600. The number of anilines is 1. The minimum atomic E-state index is -0.434. The van der Waals surface area contributed by atoms with Crippen LogP contribution in [0, 0.1) is 0 Å². The van der Waals surface area contributed by atoms with Crippen LogP contribution in [0.5, 0.6) is 0 Å². The van der Waals surface area contributed by atoms with Crippen molar-refractivity contribution in [1.29, 1.82) is 0 Å². The van der Waals surface area contributed by atoms with Crippen molar-refractivity contribution in [2.45, 2.75) is 38.3 Å². The highest BCUT2D eigenvalue weighted by atomic mass is 32.1. The van der Waals surface area contributed by atoms with Crippen LogP contribution in [-0.2, 0) is 9.53 Å². The molecule has 3 N–H and O–H groups in total. The lowest BCUT2D eigenvalue weighted by Crippen LogP contribution is -2.51. The summed E-state index contributed by atoms with van der Waals surface area (Å²) in [5, 5.41) is 4.56. The average molecular weight is 325 g/mol. The number of methoxy groups -OCH3 is 1. The van der Waals surface area contributed by atoms with Crippen LogP contribution >= 0.6 is 11.3 Å². The number of piperidine rings is 1. The number of hydrogen-bond acceptors (Lipinski definition) is 6. The summed E-state index contributed by atoms with van der Waals surface area (Å²) >= 11 is 1.25. The minimum absolute atomic E-state index is 0.0416. The van der Waals surface area contributed by atoms with Gasteiger partial charge in [0.05, 0.1) is 19.3 Å². The predicted octanol–water partition coefficient (Wildman–Crippen LogP) is 1.67. The zero-order valence-electron chi connectivity index (χ0n) is 13.0. The number of thiophene rings is 1. The molecule has 0 spiro atoms. The Morgan fingerprint density at radius 2 is 2.32 bits per heavy atom. The van der Waals surface area contributed by atoms with E-state index in [0.29, 0.717) is 17.1 Å². The minimum Gasteiger partial charge on any atom is -0.465 e. The smallest absolute Gasteiger partial charge is 0.350 e. The third-order valence-corrected chi connectivity index (χ3v) is 4.82. The summed E-state index contributed by atoms with van der Waals surface area (Å²) in [6, 6.07) is 2.00. The Kier molecular flexibility index (Phi) is 5.93. The van der Waals surface area contributed by atoms with Gasteiger partial charge in [0.15, 0.2) is 0 Å². The number of likely N-dealkylation sites (tertiary alicyclic amines) is 1. The highest BCUT2D eigenvalue weighted by Crippen LogP contribution is 2.24. The van der Waals surface area contributed by atoms with Crippen molar-refractivity contribution in [2.75, 3.05) is 25.5 Å². The SMILES string of the molecule is COC(=O)c1sccc1NC(=O)CN1CCCCC1C(C)N. The van der Waals surface area contributed by atoms with E-state index in [1.54, 1.807) is 11.4 Å². The number of ether oxygens (including phenoxy) is 1. The Hall–Kier alpha value is -1.44. The van der Waals surface area contributed by atoms with Gasteiger partial charge in [0.1, 0.15) is 4.88 Å². The molecule has 7 heteroatoms. The number of rotatable bonds is 5. The topological polar surface area (TPSA) is 84.7 Å². The first-order valence-electron chi connectivity index (χ1n) is 7.48. The van der Waals surface area contributed by atoms with Crippen LogP contribution in [-0.4, -0.2) is 49.1 Å². The van der Waals surface area contributed by atoms with E-state index in [0.717, 1.165) is 25.8 Å². The Balaban J connectivity index is 1.98. The zero-order chi connectivity index (χ0) is 16.1. The average Bonchev–Trinajstić information content (AvgIpc) is 2.94. The number of amides is 1. The Bertz CT molecular complexity index is 530. The summed E-state index contributed by atoms with van der Waals surface area (Å²) in [5.41, 5.74) is 6.53. The van der Waals surface area contributed by atoms with Crippen molar-refractivity contribution >= 4 is 28.9 Å².